The summed E-state index contributed by atoms with van der Waals surface area (Å²) >= 11 is 0. The number of carbonyl (C=O) groups excluding carboxylic acids is 1. The van der Waals surface area contributed by atoms with Crippen molar-refractivity contribution in [2.75, 3.05) is 19.6 Å². The molecule has 0 saturated carbocycles. The van der Waals surface area contributed by atoms with Gasteiger partial charge in [-0.05, 0) is 18.4 Å². The SMILES string of the molecule is CCCCCC(C)(C)CNC(=O)CCNCC. The van der Waals surface area contributed by atoms with Crippen molar-refractivity contribution in [1.82, 2.24) is 10.6 Å². The van der Waals surface area contributed by atoms with E-state index in [1.165, 1.54) is 25.7 Å². The molecule has 0 bridgehead atoms. The first-order chi connectivity index (χ1) is 8.02. The van der Waals surface area contributed by atoms with E-state index in [1.807, 2.05) is 0 Å². The summed E-state index contributed by atoms with van der Waals surface area (Å²) in [6.45, 7) is 11.2. The molecule has 1 amide bonds. The third-order valence-electron chi connectivity index (χ3n) is 3.00. The van der Waals surface area contributed by atoms with E-state index in [0.29, 0.717) is 6.42 Å². The first kappa shape index (κ1) is 16.4. The summed E-state index contributed by atoms with van der Waals surface area (Å²) in [4.78, 5) is 11.5. The Kier molecular flexibility index (Phi) is 9.14. The molecule has 0 aliphatic heterocycles. The molecule has 0 aromatic rings. The van der Waals surface area contributed by atoms with Gasteiger partial charge in [0, 0.05) is 19.5 Å². The van der Waals surface area contributed by atoms with E-state index in [0.717, 1.165) is 19.6 Å². The Labute approximate surface area is 107 Å². The number of nitrogens with one attached hydrogen (secondary N) is 2. The number of carbonyl (C=O) groups is 1. The van der Waals surface area contributed by atoms with Gasteiger partial charge in [0.15, 0.2) is 0 Å². The highest BCUT2D eigenvalue weighted by Crippen LogP contribution is 2.22. The lowest BCUT2D eigenvalue weighted by molar-refractivity contribution is -0.121. The molecule has 0 aliphatic carbocycles. The standard InChI is InChI=1S/C14H30N2O/c1-5-7-8-10-14(3,4)12-16-13(17)9-11-15-6-2/h15H,5-12H2,1-4H3,(H,16,17). The van der Waals surface area contributed by atoms with Gasteiger partial charge in [-0.3, -0.25) is 4.79 Å². The van der Waals surface area contributed by atoms with Gasteiger partial charge in [0.2, 0.25) is 5.91 Å². The van der Waals surface area contributed by atoms with Gasteiger partial charge >= 0.3 is 0 Å². The highest BCUT2D eigenvalue weighted by atomic mass is 16.1. The lowest BCUT2D eigenvalue weighted by atomic mass is 9.87. The van der Waals surface area contributed by atoms with Gasteiger partial charge in [-0.2, -0.15) is 0 Å². The van der Waals surface area contributed by atoms with Gasteiger partial charge in [0.1, 0.15) is 0 Å². The Morgan fingerprint density at radius 2 is 1.88 bits per heavy atom. The molecule has 0 heterocycles. The van der Waals surface area contributed by atoms with Crippen LogP contribution in [-0.2, 0) is 4.79 Å². The first-order valence-electron chi connectivity index (χ1n) is 6.99. The zero-order valence-corrected chi connectivity index (χ0v) is 12.1. The molecule has 3 nitrogen and oxygen atoms in total. The summed E-state index contributed by atoms with van der Waals surface area (Å²) < 4.78 is 0. The molecule has 3 heteroatoms. The second-order valence-electron chi connectivity index (χ2n) is 5.50. The predicted molar refractivity (Wildman–Crippen MR) is 74.1 cm³/mol. The van der Waals surface area contributed by atoms with Crippen LogP contribution in [0.5, 0.6) is 0 Å². The fourth-order valence-electron chi connectivity index (χ4n) is 1.75. The topological polar surface area (TPSA) is 41.1 Å². The van der Waals surface area contributed by atoms with Crippen LogP contribution in [0.15, 0.2) is 0 Å². The van der Waals surface area contributed by atoms with Crippen LogP contribution in [0.4, 0.5) is 0 Å². The first-order valence-corrected chi connectivity index (χ1v) is 6.99. The average Bonchev–Trinajstić information content (AvgIpc) is 2.27. The number of hydrogen-bond acceptors (Lipinski definition) is 2. The average molecular weight is 242 g/mol. The third-order valence-corrected chi connectivity index (χ3v) is 3.00. The van der Waals surface area contributed by atoms with Crippen LogP contribution < -0.4 is 10.6 Å². The Balaban J connectivity index is 3.65. The van der Waals surface area contributed by atoms with Crippen LogP contribution in [0.25, 0.3) is 0 Å². The normalized spacial score (nSPS) is 11.5. The smallest absolute Gasteiger partial charge is 0.221 e. The van der Waals surface area contributed by atoms with Crippen molar-refractivity contribution < 1.29 is 4.79 Å². The Morgan fingerprint density at radius 3 is 2.47 bits per heavy atom. The lowest BCUT2D eigenvalue weighted by Crippen LogP contribution is -2.35. The quantitative estimate of drug-likeness (QED) is 0.578. The molecule has 17 heavy (non-hydrogen) atoms. The van der Waals surface area contributed by atoms with Crippen LogP contribution in [0, 0.1) is 5.41 Å². The highest BCUT2D eigenvalue weighted by molar-refractivity contribution is 5.76. The molecule has 2 N–H and O–H groups in total. The minimum atomic E-state index is 0.162. The summed E-state index contributed by atoms with van der Waals surface area (Å²) in [5.41, 5.74) is 0.225. The molecule has 0 fully saturated rings. The van der Waals surface area contributed by atoms with Crippen molar-refractivity contribution in [3.8, 4) is 0 Å². The molecular formula is C14H30N2O. The maximum atomic E-state index is 11.5. The van der Waals surface area contributed by atoms with Crippen molar-refractivity contribution in [3.05, 3.63) is 0 Å². The van der Waals surface area contributed by atoms with Gasteiger partial charge in [-0.25, -0.2) is 0 Å². The molecule has 0 aromatic carbocycles. The Hall–Kier alpha value is -0.570. The summed E-state index contributed by atoms with van der Waals surface area (Å²) in [5.74, 6) is 0.162. The highest BCUT2D eigenvalue weighted by Gasteiger charge is 2.17. The third kappa shape index (κ3) is 10.3. The van der Waals surface area contributed by atoms with Crippen LogP contribution in [0.2, 0.25) is 0 Å². The summed E-state index contributed by atoms with van der Waals surface area (Å²) in [6, 6.07) is 0. The minimum Gasteiger partial charge on any atom is -0.356 e. The van der Waals surface area contributed by atoms with E-state index in [2.05, 4.69) is 38.3 Å². The fraction of sp³-hybridized carbons (Fsp3) is 0.929. The van der Waals surface area contributed by atoms with Crippen molar-refractivity contribution in [3.63, 3.8) is 0 Å². The monoisotopic (exact) mass is 242 g/mol. The number of hydrogen-bond donors (Lipinski definition) is 2. The van der Waals surface area contributed by atoms with E-state index in [1.54, 1.807) is 0 Å². The van der Waals surface area contributed by atoms with Crippen molar-refractivity contribution in [2.45, 2.75) is 59.8 Å². The maximum Gasteiger partial charge on any atom is 0.221 e. The molecule has 0 radical (unpaired) electrons. The second kappa shape index (κ2) is 9.46. The van der Waals surface area contributed by atoms with Crippen molar-refractivity contribution >= 4 is 5.91 Å². The van der Waals surface area contributed by atoms with E-state index in [-0.39, 0.29) is 11.3 Å². The van der Waals surface area contributed by atoms with Crippen molar-refractivity contribution in [1.29, 1.82) is 0 Å². The van der Waals surface area contributed by atoms with Crippen molar-refractivity contribution in [2.24, 2.45) is 5.41 Å². The molecular weight excluding hydrogens is 212 g/mol. The van der Waals surface area contributed by atoms with Gasteiger partial charge in [-0.15, -0.1) is 0 Å². The second-order valence-corrected chi connectivity index (χ2v) is 5.50. The summed E-state index contributed by atoms with van der Waals surface area (Å²) in [7, 11) is 0. The van der Waals surface area contributed by atoms with Crippen LogP contribution in [0.1, 0.15) is 59.8 Å². The van der Waals surface area contributed by atoms with Gasteiger partial charge in [-0.1, -0.05) is 47.0 Å². The van der Waals surface area contributed by atoms with Gasteiger partial charge in [0.05, 0.1) is 0 Å². The van der Waals surface area contributed by atoms with E-state index in [4.69, 9.17) is 0 Å². The Morgan fingerprint density at radius 1 is 1.18 bits per heavy atom. The molecule has 0 saturated heterocycles. The van der Waals surface area contributed by atoms with Crippen LogP contribution >= 0.6 is 0 Å². The molecule has 0 atom stereocenters. The molecule has 0 spiro atoms. The van der Waals surface area contributed by atoms with Gasteiger partial charge < -0.3 is 10.6 Å². The molecule has 0 aromatic heterocycles. The molecule has 0 unspecified atom stereocenters. The Bertz CT molecular complexity index is 202. The summed E-state index contributed by atoms with van der Waals surface area (Å²) in [6.07, 6.45) is 5.58. The molecule has 0 aliphatic rings. The predicted octanol–water partition coefficient (Wildman–Crippen LogP) is 2.71. The zero-order valence-electron chi connectivity index (χ0n) is 12.1. The van der Waals surface area contributed by atoms with Crippen LogP contribution in [-0.4, -0.2) is 25.5 Å². The van der Waals surface area contributed by atoms with Crippen LogP contribution in [0.3, 0.4) is 0 Å². The van der Waals surface area contributed by atoms with E-state index >= 15 is 0 Å². The maximum absolute atomic E-state index is 11.5. The number of rotatable bonds is 10. The number of unbranched alkanes of at least 4 members (excludes halogenated alkanes) is 2. The fourth-order valence-corrected chi connectivity index (χ4v) is 1.75. The summed E-state index contributed by atoms with van der Waals surface area (Å²) in [5, 5.41) is 6.19. The van der Waals surface area contributed by atoms with E-state index < -0.39 is 0 Å². The molecule has 0 rings (SSSR count). The zero-order chi connectivity index (χ0) is 13.1. The minimum absolute atomic E-state index is 0.162. The number of amides is 1. The van der Waals surface area contributed by atoms with E-state index in [9.17, 15) is 4.79 Å². The van der Waals surface area contributed by atoms with Gasteiger partial charge in [0.25, 0.3) is 0 Å². The lowest BCUT2D eigenvalue weighted by Gasteiger charge is -2.25. The largest absolute Gasteiger partial charge is 0.356 e. The molecule has 102 valence electrons.